The molecule has 0 aliphatic rings. The minimum atomic E-state index is -0.410. The number of furan rings is 1. The maximum Gasteiger partial charge on any atom is 0.293 e. The number of thiazole rings is 1. The Bertz CT molecular complexity index is 1060. The predicted octanol–water partition coefficient (Wildman–Crippen LogP) is 3.24. The summed E-state index contributed by atoms with van der Waals surface area (Å²) >= 11 is 1.21. The lowest BCUT2D eigenvalue weighted by atomic mass is 10.1. The summed E-state index contributed by atoms with van der Waals surface area (Å²) in [6.07, 6.45) is 1.44. The molecule has 0 fully saturated rings. The molecule has 8 nitrogen and oxygen atoms in total. The molecule has 0 bridgehead atoms. The summed E-state index contributed by atoms with van der Waals surface area (Å²) in [5.41, 5.74) is 3.32. The lowest BCUT2D eigenvalue weighted by molar-refractivity contribution is -0.132. The lowest BCUT2D eigenvalue weighted by Gasteiger charge is -2.17. The van der Waals surface area contributed by atoms with Gasteiger partial charge in [0.05, 0.1) is 24.9 Å². The molecule has 30 heavy (non-hydrogen) atoms. The number of hydrogen-bond donors (Lipinski definition) is 2. The zero-order valence-corrected chi connectivity index (χ0v) is 17.7. The predicted molar refractivity (Wildman–Crippen MR) is 115 cm³/mol. The highest BCUT2D eigenvalue weighted by atomic mass is 32.1. The molecule has 2 N–H and O–H groups in total. The number of hydrogen-bond acceptors (Lipinski definition) is 6. The summed E-state index contributed by atoms with van der Waals surface area (Å²) in [5, 5.41) is 7.52. The monoisotopic (exact) mass is 426 g/mol. The molecule has 0 radical (unpaired) electrons. The molecular weight excluding hydrogens is 404 g/mol. The standard InChI is InChI=1S/C21H22N4O4S/c1-13-6-4-7-16(14(13)2)23-18(26)11-25(3)19(27)10-15-12-30-21(22-15)24-20(28)17-8-5-9-29-17/h4-9,12H,10-11H2,1-3H3,(H,23,26)(H,22,24,28). The van der Waals surface area contributed by atoms with E-state index in [0.29, 0.717) is 10.8 Å². The number of amides is 3. The van der Waals surface area contributed by atoms with E-state index in [9.17, 15) is 14.4 Å². The number of nitrogens with one attached hydrogen (secondary N) is 2. The third-order valence-corrected chi connectivity index (χ3v) is 5.34. The van der Waals surface area contributed by atoms with Crippen molar-refractivity contribution in [3.8, 4) is 0 Å². The van der Waals surface area contributed by atoms with Crippen LogP contribution in [0.2, 0.25) is 0 Å². The van der Waals surface area contributed by atoms with Crippen molar-refractivity contribution < 1.29 is 18.8 Å². The van der Waals surface area contributed by atoms with E-state index >= 15 is 0 Å². The first-order chi connectivity index (χ1) is 14.3. The van der Waals surface area contributed by atoms with Gasteiger partial charge in [-0.25, -0.2) is 4.98 Å². The van der Waals surface area contributed by atoms with Crippen molar-refractivity contribution in [3.63, 3.8) is 0 Å². The quantitative estimate of drug-likeness (QED) is 0.603. The number of carbonyl (C=O) groups is 3. The molecule has 2 aromatic heterocycles. The molecular formula is C21H22N4O4S. The summed E-state index contributed by atoms with van der Waals surface area (Å²) in [6.45, 7) is 3.84. The van der Waals surface area contributed by atoms with Crippen molar-refractivity contribution in [2.45, 2.75) is 20.3 Å². The van der Waals surface area contributed by atoms with Crippen LogP contribution in [0.25, 0.3) is 0 Å². The number of carbonyl (C=O) groups excluding carboxylic acids is 3. The van der Waals surface area contributed by atoms with Crippen molar-refractivity contribution in [1.29, 1.82) is 0 Å². The first kappa shape index (κ1) is 21.3. The van der Waals surface area contributed by atoms with E-state index in [2.05, 4.69) is 15.6 Å². The second kappa shape index (κ2) is 9.36. The largest absolute Gasteiger partial charge is 0.459 e. The molecule has 1 aromatic carbocycles. The molecule has 3 rings (SSSR count). The van der Waals surface area contributed by atoms with Gasteiger partial charge in [-0.05, 0) is 43.2 Å². The Morgan fingerprint density at radius 2 is 1.93 bits per heavy atom. The molecule has 156 valence electrons. The smallest absolute Gasteiger partial charge is 0.293 e. The first-order valence-electron chi connectivity index (χ1n) is 9.22. The summed E-state index contributed by atoms with van der Waals surface area (Å²) in [5.74, 6) is -0.755. The number of likely N-dealkylation sites (N-methyl/N-ethyl adjacent to an activating group) is 1. The molecule has 0 atom stereocenters. The summed E-state index contributed by atoms with van der Waals surface area (Å²) in [6, 6.07) is 8.84. The molecule has 3 aromatic rings. The third-order valence-electron chi connectivity index (χ3n) is 4.53. The fourth-order valence-corrected chi connectivity index (χ4v) is 3.39. The summed E-state index contributed by atoms with van der Waals surface area (Å²) in [4.78, 5) is 42.3. The number of aromatic nitrogens is 1. The number of anilines is 2. The Balaban J connectivity index is 1.51. The minimum Gasteiger partial charge on any atom is -0.459 e. The van der Waals surface area contributed by atoms with Crippen LogP contribution in [0.15, 0.2) is 46.4 Å². The van der Waals surface area contributed by atoms with Gasteiger partial charge in [0.25, 0.3) is 5.91 Å². The molecule has 0 spiro atoms. The Kier molecular flexibility index (Phi) is 6.63. The molecule has 0 saturated carbocycles. The maximum absolute atomic E-state index is 12.4. The molecule has 0 aliphatic heterocycles. The van der Waals surface area contributed by atoms with Gasteiger partial charge < -0.3 is 14.6 Å². The number of aryl methyl sites for hydroxylation is 1. The Morgan fingerprint density at radius 1 is 1.13 bits per heavy atom. The molecule has 2 heterocycles. The van der Waals surface area contributed by atoms with E-state index in [1.807, 2.05) is 32.0 Å². The van der Waals surface area contributed by atoms with Crippen LogP contribution in [0.1, 0.15) is 27.4 Å². The highest BCUT2D eigenvalue weighted by molar-refractivity contribution is 7.14. The number of nitrogens with zero attached hydrogens (tertiary/aromatic N) is 2. The molecule has 0 aliphatic carbocycles. The maximum atomic E-state index is 12.4. The molecule has 9 heteroatoms. The van der Waals surface area contributed by atoms with Gasteiger partial charge in [-0.15, -0.1) is 11.3 Å². The zero-order valence-electron chi connectivity index (χ0n) is 16.9. The summed E-state index contributed by atoms with van der Waals surface area (Å²) < 4.78 is 5.03. The van der Waals surface area contributed by atoms with Crippen LogP contribution in [0, 0.1) is 13.8 Å². The van der Waals surface area contributed by atoms with E-state index in [0.717, 1.165) is 16.8 Å². The van der Waals surface area contributed by atoms with Gasteiger partial charge in [0.2, 0.25) is 11.8 Å². The Hall–Kier alpha value is -3.46. The zero-order chi connectivity index (χ0) is 21.7. The van der Waals surface area contributed by atoms with E-state index in [1.54, 1.807) is 24.6 Å². The van der Waals surface area contributed by atoms with Gasteiger partial charge in [-0.3, -0.25) is 19.7 Å². The Labute approximate surface area is 177 Å². The van der Waals surface area contributed by atoms with E-state index in [1.165, 1.54) is 22.5 Å². The van der Waals surface area contributed by atoms with E-state index in [4.69, 9.17) is 4.42 Å². The van der Waals surface area contributed by atoms with Crippen molar-refractivity contribution in [2.75, 3.05) is 24.2 Å². The van der Waals surface area contributed by atoms with Crippen LogP contribution in [0.5, 0.6) is 0 Å². The van der Waals surface area contributed by atoms with Crippen LogP contribution < -0.4 is 10.6 Å². The van der Waals surface area contributed by atoms with Crippen LogP contribution in [-0.2, 0) is 16.0 Å². The number of rotatable bonds is 7. The average molecular weight is 426 g/mol. The molecule has 0 saturated heterocycles. The molecule has 0 unspecified atom stereocenters. The topological polar surface area (TPSA) is 105 Å². The lowest BCUT2D eigenvalue weighted by Crippen LogP contribution is -2.36. The van der Waals surface area contributed by atoms with E-state index in [-0.39, 0.29) is 30.5 Å². The normalized spacial score (nSPS) is 10.5. The fourth-order valence-electron chi connectivity index (χ4n) is 2.68. The highest BCUT2D eigenvalue weighted by Gasteiger charge is 2.17. The second-order valence-corrected chi connectivity index (χ2v) is 7.66. The van der Waals surface area contributed by atoms with Crippen LogP contribution >= 0.6 is 11.3 Å². The fraction of sp³-hybridized carbons (Fsp3) is 0.238. The summed E-state index contributed by atoms with van der Waals surface area (Å²) in [7, 11) is 1.57. The van der Waals surface area contributed by atoms with E-state index < -0.39 is 5.91 Å². The van der Waals surface area contributed by atoms with Crippen LogP contribution in [0.3, 0.4) is 0 Å². The molecule has 3 amide bonds. The van der Waals surface area contributed by atoms with Crippen molar-refractivity contribution in [3.05, 3.63) is 64.6 Å². The van der Waals surface area contributed by atoms with Crippen molar-refractivity contribution in [1.82, 2.24) is 9.88 Å². The van der Waals surface area contributed by atoms with Gasteiger partial charge in [0, 0.05) is 18.1 Å². The van der Waals surface area contributed by atoms with Crippen LogP contribution in [-0.4, -0.2) is 41.2 Å². The van der Waals surface area contributed by atoms with Gasteiger partial charge >= 0.3 is 0 Å². The van der Waals surface area contributed by atoms with Gasteiger partial charge in [-0.1, -0.05) is 12.1 Å². The van der Waals surface area contributed by atoms with Crippen LogP contribution in [0.4, 0.5) is 10.8 Å². The SMILES string of the molecule is Cc1cccc(NC(=O)CN(C)C(=O)Cc2csc(NC(=O)c3ccco3)n2)c1C. The first-order valence-corrected chi connectivity index (χ1v) is 10.1. The van der Waals surface area contributed by atoms with Gasteiger partial charge in [0.1, 0.15) is 0 Å². The highest BCUT2D eigenvalue weighted by Crippen LogP contribution is 2.19. The average Bonchev–Trinajstić information content (AvgIpc) is 3.37. The van der Waals surface area contributed by atoms with Crippen molar-refractivity contribution >= 4 is 39.9 Å². The third kappa shape index (κ3) is 5.32. The minimum absolute atomic E-state index is 0.0282. The number of benzene rings is 1. The van der Waals surface area contributed by atoms with Gasteiger partial charge in [0.15, 0.2) is 10.9 Å². The Morgan fingerprint density at radius 3 is 2.67 bits per heavy atom. The van der Waals surface area contributed by atoms with Crippen molar-refractivity contribution in [2.24, 2.45) is 0 Å². The second-order valence-electron chi connectivity index (χ2n) is 6.80. The van der Waals surface area contributed by atoms with Gasteiger partial charge in [-0.2, -0.15) is 0 Å².